The van der Waals surface area contributed by atoms with Crippen molar-refractivity contribution in [3.8, 4) is 11.6 Å². The average molecular weight is 271 g/mol. The second kappa shape index (κ2) is 6.06. The van der Waals surface area contributed by atoms with E-state index in [2.05, 4.69) is 17.1 Å². The summed E-state index contributed by atoms with van der Waals surface area (Å²) in [7, 11) is 0. The number of ether oxygens (including phenoxy) is 1. The van der Waals surface area contributed by atoms with E-state index in [1.54, 1.807) is 12.3 Å². The molecule has 3 N–H and O–H groups in total. The fraction of sp³-hybridized carbons (Fsp3) is 0.200. The molecular formula is C15H17N3O2. The largest absolute Gasteiger partial charge is 0.438 e. The van der Waals surface area contributed by atoms with Gasteiger partial charge in [-0.1, -0.05) is 30.3 Å². The first-order valence-electron chi connectivity index (χ1n) is 6.36. The number of pyridine rings is 1. The van der Waals surface area contributed by atoms with Crippen LogP contribution in [0, 0.1) is 6.92 Å². The molecule has 0 aliphatic rings. The Balaban J connectivity index is 2.46. The number of hydrogen-bond acceptors (Lipinski definition) is 4. The van der Waals surface area contributed by atoms with Gasteiger partial charge >= 0.3 is 0 Å². The third-order valence-electron chi connectivity index (χ3n) is 3.05. The van der Waals surface area contributed by atoms with Gasteiger partial charge in [0.1, 0.15) is 5.75 Å². The first-order chi connectivity index (χ1) is 9.67. The van der Waals surface area contributed by atoms with E-state index in [0.717, 1.165) is 23.3 Å². The first kappa shape index (κ1) is 13.9. The molecule has 0 aliphatic heterocycles. The van der Waals surface area contributed by atoms with E-state index in [0.29, 0.717) is 11.4 Å². The molecule has 2 rings (SSSR count). The summed E-state index contributed by atoms with van der Waals surface area (Å²) in [5.41, 5.74) is 8.10. The zero-order valence-electron chi connectivity index (χ0n) is 11.5. The Hall–Kier alpha value is -2.56. The Kier molecular flexibility index (Phi) is 4.20. The van der Waals surface area contributed by atoms with E-state index in [-0.39, 0.29) is 5.84 Å². The van der Waals surface area contributed by atoms with Gasteiger partial charge in [0.25, 0.3) is 0 Å². The van der Waals surface area contributed by atoms with Crippen molar-refractivity contribution in [2.75, 3.05) is 0 Å². The fourth-order valence-electron chi connectivity index (χ4n) is 1.97. The number of hydrogen-bond donors (Lipinski definition) is 2. The molecule has 5 heteroatoms. The minimum Gasteiger partial charge on any atom is -0.438 e. The van der Waals surface area contributed by atoms with E-state index in [1.165, 1.54) is 0 Å². The van der Waals surface area contributed by atoms with Crippen molar-refractivity contribution in [1.29, 1.82) is 0 Å². The molecule has 1 aromatic heterocycles. The van der Waals surface area contributed by atoms with Gasteiger partial charge in [0.2, 0.25) is 5.88 Å². The molecule has 0 amide bonds. The number of rotatable bonds is 4. The Morgan fingerprint density at radius 2 is 2.10 bits per heavy atom. The number of amidine groups is 1. The van der Waals surface area contributed by atoms with Crippen molar-refractivity contribution < 1.29 is 9.94 Å². The predicted octanol–water partition coefficient (Wildman–Crippen LogP) is 2.84. The van der Waals surface area contributed by atoms with Gasteiger partial charge in [-0.2, -0.15) is 0 Å². The highest BCUT2D eigenvalue weighted by Crippen LogP contribution is 2.28. The summed E-state index contributed by atoms with van der Waals surface area (Å²) in [5.74, 6) is 1.04. The standard InChI is InChI=1S/C15H17N3O2/c1-3-11-6-4-5-7-12(11)20-15-13(14(16)18-19)10(2)8-9-17-15/h4-9,19H,3H2,1-2H3,(H2,16,18). The van der Waals surface area contributed by atoms with Crippen LogP contribution in [-0.4, -0.2) is 16.0 Å². The molecule has 0 bridgehead atoms. The van der Waals surface area contributed by atoms with Crippen LogP contribution in [0.25, 0.3) is 0 Å². The van der Waals surface area contributed by atoms with Gasteiger partial charge < -0.3 is 15.7 Å². The summed E-state index contributed by atoms with van der Waals surface area (Å²) in [6.45, 7) is 3.91. The summed E-state index contributed by atoms with van der Waals surface area (Å²) in [6.07, 6.45) is 2.48. The smallest absolute Gasteiger partial charge is 0.230 e. The van der Waals surface area contributed by atoms with E-state index in [1.807, 2.05) is 31.2 Å². The topological polar surface area (TPSA) is 80.7 Å². The Morgan fingerprint density at radius 1 is 1.35 bits per heavy atom. The molecule has 20 heavy (non-hydrogen) atoms. The van der Waals surface area contributed by atoms with E-state index in [9.17, 15) is 0 Å². The fourth-order valence-corrected chi connectivity index (χ4v) is 1.97. The maximum absolute atomic E-state index is 8.88. The molecule has 0 aliphatic carbocycles. The summed E-state index contributed by atoms with van der Waals surface area (Å²) < 4.78 is 5.85. The molecule has 0 saturated carbocycles. The lowest BCUT2D eigenvalue weighted by molar-refractivity contribution is 0.318. The quantitative estimate of drug-likeness (QED) is 0.388. The summed E-state index contributed by atoms with van der Waals surface area (Å²) in [6, 6.07) is 9.51. The Labute approximate surface area is 117 Å². The van der Waals surface area contributed by atoms with Gasteiger partial charge in [0.05, 0.1) is 5.56 Å². The number of benzene rings is 1. The maximum atomic E-state index is 8.88. The molecule has 0 spiro atoms. The highest BCUT2D eigenvalue weighted by molar-refractivity contribution is 6.00. The summed E-state index contributed by atoms with van der Waals surface area (Å²) in [5, 5.41) is 11.9. The third-order valence-corrected chi connectivity index (χ3v) is 3.05. The van der Waals surface area contributed by atoms with Crippen LogP contribution in [0.15, 0.2) is 41.7 Å². The lowest BCUT2D eigenvalue weighted by Crippen LogP contribution is -2.16. The Bertz CT molecular complexity index is 639. The van der Waals surface area contributed by atoms with Gasteiger partial charge in [0.15, 0.2) is 5.84 Å². The predicted molar refractivity (Wildman–Crippen MR) is 77.4 cm³/mol. The SMILES string of the molecule is CCc1ccccc1Oc1nccc(C)c1/C(N)=N/O. The molecule has 0 saturated heterocycles. The molecule has 0 unspecified atom stereocenters. The summed E-state index contributed by atoms with van der Waals surface area (Å²) in [4.78, 5) is 4.19. The molecule has 0 atom stereocenters. The van der Waals surface area contributed by atoms with Crippen LogP contribution >= 0.6 is 0 Å². The highest BCUT2D eigenvalue weighted by Gasteiger charge is 2.14. The van der Waals surface area contributed by atoms with E-state index in [4.69, 9.17) is 15.7 Å². The molecule has 0 radical (unpaired) electrons. The zero-order chi connectivity index (χ0) is 14.5. The summed E-state index contributed by atoms with van der Waals surface area (Å²) >= 11 is 0. The van der Waals surface area contributed by atoms with Crippen molar-refractivity contribution in [3.63, 3.8) is 0 Å². The van der Waals surface area contributed by atoms with Crippen LogP contribution in [-0.2, 0) is 6.42 Å². The molecular weight excluding hydrogens is 254 g/mol. The first-order valence-corrected chi connectivity index (χ1v) is 6.36. The molecule has 0 fully saturated rings. The third kappa shape index (κ3) is 2.71. The van der Waals surface area contributed by atoms with Gasteiger partial charge in [-0.3, -0.25) is 0 Å². The van der Waals surface area contributed by atoms with Crippen LogP contribution in [0.2, 0.25) is 0 Å². The van der Waals surface area contributed by atoms with Crippen molar-refractivity contribution in [2.45, 2.75) is 20.3 Å². The molecule has 104 valence electrons. The molecule has 5 nitrogen and oxygen atoms in total. The number of nitrogens with zero attached hydrogens (tertiary/aromatic N) is 2. The van der Waals surface area contributed by atoms with Crippen LogP contribution in [0.1, 0.15) is 23.6 Å². The van der Waals surface area contributed by atoms with Crippen molar-refractivity contribution >= 4 is 5.84 Å². The van der Waals surface area contributed by atoms with Crippen LogP contribution in [0.5, 0.6) is 11.6 Å². The minimum absolute atomic E-state index is 0.0143. The number of para-hydroxylation sites is 1. The minimum atomic E-state index is -0.0143. The van der Waals surface area contributed by atoms with Crippen LogP contribution < -0.4 is 10.5 Å². The van der Waals surface area contributed by atoms with Crippen LogP contribution in [0.4, 0.5) is 0 Å². The Morgan fingerprint density at radius 3 is 2.80 bits per heavy atom. The second-order valence-corrected chi connectivity index (χ2v) is 4.36. The molecule has 1 heterocycles. The van der Waals surface area contributed by atoms with Crippen LogP contribution in [0.3, 0.4) is 0 Å². The lowest BCUT2D eigenvalue weighted by Gasteiger charge is -2.13. The van der Waals surface area contributed by atoms with Gasteiger partial charge in [0, 0.05) is 6.20 Å². The van der Waals surface area contributed by atoms with Crippen molar-refractivity contribution in [2.24, 2.45) is 10.9 Å². The van der Waals surface area contributed by atoms with E-state index >= 15 is 0 Å². The monoisotopic (exact) mass is 271 g/mol. The molecule has 2 aromatic rings. The van der Waals surface area contributed by atoms with Gasteiger partial charge in [-0.05, 0) is 36.6 Å². The zero-order valence-corrected chi connectivity index (χ0v) is 11.5. The van der Waals surface area contributed by atoms with E-state index < -0.39 is 0 Å². The highest BCUT2D eigenvalue weighted by atomic mass is 16.5. The number of nitrogens with two attached hydrogens (primary N) is 1. The number of aromatic nitrogens is 1. The van der Waals surface area contributed by atoms with Gasteiger partial charge in [-0.15, -0.1) is 0 Å². The van der Waals surface area contributed by atoms with Gasteiger partial charge in [-0.25, -0.2) is 4.98 Å². The number of aryl methyl sites for hydroxylation is 2. The van der Waals surface area contributed by atoms with Crippen molar-refractivity contribution in [3.05, 3.63) is 53.2 Å². The lowest BCUT2D eigenvalue weighted by atomic mass is 10.1. The normalized spacial score (nSPS) is 11.4. The number of oxime groups is 1. The maximum Gasteiger partial charge on any atom is 0.230 e. The molecule has 1 aromatic carbocycles. The average Bonchev–Trinajstić information content (AvgIpc) is 2.47. The second-order valence-electron chi connectivity index (χ2n) is 4.36. The van der Waals surface area contributed by atoms with Crippen molar-refractivity contribution in [1.82, 2.24) is 4.98 Å².